The molecule has 3 aromatic rings. The minimum absolute atomic E-state index is 0.131. The van der Waals surface area contributed by atoms with Gasteiger partial charge < -0.3 is 19.4 Å². The van der Waals surface area contributed by atoms with E-state index in [4.69, 9.17) is 9.47 Å². The number of nitrogens with one attached hydrogen (secondary N) is 1. The second kappa shape index (κ2) is 7.12. The number of benzene rings is 2. The molecule has 0 radical (unpaired) electrons. The summed E-state index contributed by atoms with van der Waals surface area (Å²) >= 11 is 0. The molecule has 0 fully saturated rings. The molecule has 2 heterocycles. The van der Waals surface area contributed by atoms with Gasteiger partial charge in [-0.2, -0.15) is 0 Å². The number of nitrogens with zero attached hydrogens (tertiary/aromatic N) is 1. The molecule has 1 aromatic heterocycles. The van der Waals surface area contributed by atoms with Crippen molar-refractivity contribution in [3.05, 3.63) is 60.3 Å². The number of rotatable bonds is 5. The zero-order valence-corrected chi connectivity index (χ0v) is 14.8. The van der Waals surface area contributed by atoms with Crippen LogP contribution in [-0.2, 0) is 11.3 Å². The third-order valence-corrected chi connectivity index (χ3v) is 4.68. The van der Waals surface area contributed by atoms with Crippen LogP contribution in [0.5, 0.6) is 11.5 Å². The fourth-order valence-electron chi connectivity index (χ4n) is 3.36. The number of ether oxygens (including phenoxy) is 2. The van der Waals surface area contributed by atoms with Crippen molar-refractivity contribution in [1.82, 2.24) is 9.88 Å². The predicted octanol–water partition coefficient (Wildman–Crippen LogP) is 3.30. The Hall–Kier alpha value is -2.95. The van der Waals surface area contributed by atoms with Crippen molar-refractivity contribution in [2.75, 3.05) is 13.2 Å². The van der Waals surface area contributed by atoms with Crippen LogP contribution in [-0.4, -0.2) is 29.7 Å². The molecule has 1 aliphatic heterocycles. The first-order valence-electron chi connectivity index (χ1n) is 8.93. The van der Waals surface area contributed by atoms with Crippen molar-refractivity contribution < 1.29 is 14.3 Å². The molecule has 4 rings (SSSR count). The Balaban J connectivity index is 1.30. The Bertz CT molecular complexity index is 932. The highest BCUT2D eigenvalue weighted by atomic mass is 16.6. The zero-order valence-electron chi connectivity index (χ0n) is 14.8. The van der Waals surface area contributed by atoms with Gasteiger partial charge >= 0.3 is 0 Å². The normalized spacial score (nSPS) is 15.8. The molecule has 1 atom stereocenters. The lowest BCUT2D eigenvalue weighted by Crippen LogP contribution is -2.44. The number of fused-ring (bicyclic) bond motifs is 2. The average molecular weight is 350 g/mol. The van der Waals surface area contributed by atoms with Crippen molar-refractivity contribution in [2.45, 2.75) is 26.0 Å². The van der Waals surface area contributed by atoms with Gasteiger partial charge in [0.1, 0.15) is 6.61 Å². The van der Waals surface area contributed by atoms with E-state index in [2.05, 4.69) is 47.1 Å². The third kappa shape index (κ3) is 3.25. The van der Waals surface area contributed by atoms with Gasteiger partial charge in [-0.1, -0.05) is 30.3 Å². The van der Waals surface area contributed by atoms with Crippen LogP contribution in [0.25, 0.3) is 10.9 Å². The molecule has 134 valence electrons. The van der Waals surface area contributed by atoms with Crippen LogP contribution < -0.4 is 14.8 Å². The van der Waals surface area contributed by atoms with E-state index in [1.165, 1.54) is 16.6 Å². The molecular weight excluding hydrogens is 328 g/mol. The van der Waals surface area contributed by atoms with Gasteiger partial charge in [0, 0.05) is 24.3 Å². The molecule has 1 amide bonds. The summed E-state index contributed by atoms with van der Waals surface area (Å²) in [5.74, 6) is 1.17. The number of carbonyl (C=O) groups is 1. The number of hydrogen-bond donors (Lipinski definition) is 1. The third-order valence-electron chi connectivity index (χ3n) is 4.68. The van der Waals surface area contributed by atoms with Crippen LogP contribution in [0.3, 0.4) is 0 Å². The lowest BCUT2D eigenvalue weighted by molar-refractivity contribution is -0.130. The standard InChI is InChI=1S/C21H22N2O3/c1-15-13-16-7-2-3-8-17(16)23(15)12-6-11-22-21(24)20-14-25-18-9-4-5-10-19(18)26-20/h2-5,7-10,13,20H,6,11-12,14H2,1H3,(H,22,24). The van der Waals surface area contributed by atoms with Crippen LogP contribution in [0.15, 0.2) is 54.6 Å². The number of aryl methyl sites for hydroxylation is 2. The lowest BCUT2D eigenvalue weighted by Gasteiger charge is -2.25. The molecule has 1 unspecified atom stereocenters. The molecule has 26 heavy (non-hydrogen) atoms. The number of amides is 1. The largest absolute Gasteiger partial charge is 0.485 e. The van der Waals surface area contributed by atoms with Crippen LogP contribution in [0, 0.1) is 6.92 Å². The van der Waals surface area contributed by atoms with E-state index < -0.39 is 6.10 Å². The summed E-state index contributed by atoms with van der Waals surface area (Å²) in [7, 11) is 0. The monoisotopic (exact) mass is 350 g/mol. The highest BCUT2D eigenvalue weighted by Gasteiger charge is 2.26. The number of para-hydroxylation sites is 3. The molecule has 0 aliphatic carbocycles. The molecule has 0 saturated heterocycles. The fourth-order valence-corrected chi connectivity index (χ4v) is 3.36. The smallest absolute Gasteiger partial charge is 0.264 e. The van der Waals surface area contributed by atoms with E-state index in [0.717, 1.165) is 13.0 Å². The maximum absolute atomic E-state index is 12.3. The molecule has 2 aromatic carbocycles. The van der Waals surface area contributed by atoms with Crippen molar-refractivity contribution in [2.24, 2.45) is 0 Å². The molecule has 1 N–H and O–H groups in total. The van der Waals surface area contributed by atoms with Crippen molar-refractivity contribution in [3.63, 3.8) is 0 Å². The van der Waals surface area contributed by atoms with Gasteiger partial charge in [0.2, 0.25) is 6.10 Å². The van der Waals surface area contributed by atoms with E-state index >= 15 is 0 Å². The first-order chi connectivity index (χ1) is 12.7. The summed E-state index contributed by atoms with van der Waals surface area (Å²) in [5, 5.41) is 4.21. The summed E-state index contributed by atoms with van der Waals surface area (Å²) in [5.41, 5.74) is 2.47. The summed E-state index contributed by atoms with van der Waals surface area (Å²) in [6, 6.07) is 18.0. The van der Waals surface area contributed by atoms with Gasteiger partial charge in [-0.15, -0.1) is 0 Å². The number of carbonyl (C=O) groups excluding carboxylic acids is 1. The minimum atomic E-state index is -0.598. The van der Waals surface area contributed by atoms with E-state index in [-0.39, 0.29) is 12.5 Å². The van der Waals surface area contributed by atoms with Crippen LogP contribution in [0.4, 0.5) is 0 Å². The SMILES string of the molecule is Cc1cc2ccccc2n1CCCNC(=O)C1COc2ccccc2O1. The summed E-state index contributed by atoms with van der Waals surface area (Å²) < 4.78 is 13.6. The lowest BCUT2D eigenvalue weighted by atomic mass is 10.2. The Kier molecular flexibility index (Phi) is 4.52. The maximum Gasteiger partial charge on any atom is 0.264 e. The van der Waals surface area contributed by atoms with Gasteiger partial charge in [0.15, 0.2) is 11.5 Å². The fraction of sp³-hybridized carbons (Fsp3) is 0.286. The average Bonchev–Trinajstić information content (AvgIpc) is 3.00. The predicted molar refractivity (Wildman–Crippen MR) is 101 cm³/mol. The highest BCUT2D eigenvalue weighted by molar-refractivity contribution is 5.82. The first kappa shape index (κ1) is 16.5. The summed E-state index contributed by atoms with van der Waals surface area (Å²) in [6.07, 6.45) is 0.258. The molecule has 0 spiro atoms. The number of hydrogen-bond acceptors (Lipinski definition) is 3. The second-order valence-corrected chi connectivity index (χ2v) is 6.50. The van der Waals surface area contributed by atoms with E-state index in [9.17, 15) is 4.79 Å². The van der Waals surface area contributed by atoms with Gasteiger partial charge in [0.05, 0.1) is 0 Å². The van der Waals surface area contributed by atoms with Crippen molar-refractivity contribution in [1.29, 1.82) is 0 Å². The molecule has 0 bridgehead atoms. The summed E-state index contributed by atoms with van der Waals surface area (Å²) in [4.78, 5) is 12.3. The number of aromatic nitrogens is 1. The highest BCUT2D eigenvalue weighted by Crippen LogP contribution is 2.30. The second-order valence-electron chi connectivity index (χ2n) is 6.50. The van der Waals surface area contributed by atoms with Gasteiger partial charge in [-0.25, -0.2) is 0 Å². The first-order valence-corrected chi connectivity index (χ1v) is 8.93. The molecule has 5 nitrogen and oxygen atoms in total. The quantitative estimate of drug-likeness (QED) is 0.719. The minimum Gasteiger partial charge on any atom is -0.485 e. The van der Waals surface area contributed by atoms with E-state index in [1.807, 2.05) is 24.3 Å². The topological polar surface area (TPSA) is 52.5 Å². The van der Waals surface area contributed by atoms with E-state index in [1.54, 1.807) is 0 Å². The Morgan fingerprint density at radius 1 is 1.15 bits per heavy atom. The molecule has 1 aliphatic rings. The van der Waals surface area contributed by atoms with Crippen LogP contribution >= 0.6 is 0 Å². The van der Waals surface area contributed by atoms with Crippen molar-refractivity contribution >= 4 is 16.8 Å². The van der Waals surface area contributed by atoms with Crippen molar-refractivity contribution in [3.8, 4) is 11.5 Å². The van der Waals surface area contributed by atoms with E-state index in [0.29, 0.717) is 18.0 Å². The molecular formula is C21H22N2O3. The maximum atomic E-state index is 12.3. The molecule has 0 saturated carbocycles. The zero-order chi connectivity index (χ0) is 17.9. The van der Waals surface area contributed by atoms with Gasteiger partial charge in [-0.3, -0.25) is 4.79 Å². The van der Waals surface area contributed by atoms with Gasteiger partial charge in [0.25, 0.3) is 5.91 Å². The van der Waals surface area contributed by atoms with Crippen LogP contribution in [0.1, 0.15) is 12.1 Å². The van der Waals surface area contributed by atoms with Crippen LogP contribution in [0.2, 0.25) is 0 Å². The van der Waals surface area contributed by atoms with Gasteiger partial charge in [-0.05, 0) is 43.0 Å². The summed E-state index contributed by atoms with van der Waals surface area (Å²) in [6.45, 7) is 3.82. The Morgan fingerprint density at radius 3 is 2.81 bits per heavy atom. The Labute approximate surface area is 152 Å². The Morgan fingerprint density at radius 2 is 1.92 bits per heavy atom. The molecule has 5 heteroatoms.